The summed E-state index contributed by atoms with van der Waals surface area (Å²) >= 11 is 3.46. The number of aromatic nitrogens is 1. The van der Waals surface area contributed by atoms with E-state index in [0.717, 1.165) is 33.9 Å². The average Bonchev–Trinajstić information content (AvgIpc) is 3.25. The van der Waals surface area contributed by atoms with Crippen molar-refractivity contribution in [2.45, 2.75) is 25.3 Å². The van der Waals surface area contributed by atoms with E-state index in [-0.39, 0.29) is 5.91 Å². The summed E-state index contributed by atoms with van der Waals surface area (Å²) in [5, 5.41) is 7.18. The highest BCUT2D eigenvalue weighted by Crippen LogP contribution is 2.30. The van der Waals surface area contributed by atoms with Crippen LogP contribution >= 0.6 is 15.9 Å². The van der Waals surface area contributed by atoms with Crippen molar-refractivity contribution in [2.24, 2.45) is 0 Å². The van der Waals surface area contributed by atoms with Gasteiger partial charge in [-0.15, -0.1) is 0 Å². The highest BCUT2D eigenvalue weighted by Gasteiger charge is 2.22. The van der Waals surface area contributed by atoms with Gasteiger partial charge in [0, 0.05) is 28.9 Å². The molecule has 0 unspecified atom stereocenters. The topological polar surface area (TPSA) is 80.0 Å². The summed E-state index contributed by atoms with van der Waals surface area (Å²) in [6, 6.07) is 6.26. The van der Waals surface area contributed by atoms with Crippen molar-refractivity contribution in [2.75, 3.05) is 17.6 Å². The highest BCUT2D eigenvalue weighted by atomic mass is 79.9. The molecule has 1 fully saturated rings. The summed E-state index contributed by atoms with van der Waals surface area (Å²) in [6.45, 7) is 0.550. The molecular formula is C15H17BrN4O. The molecule has 6 heteroatoms. The first kappa shape index (κ1) is 14.1. The number of amides is 1. The molecule has 0 atom stereocenters. The number of nitrogens with zero attached hydrogens (tertiary/aromatic N) is 1. The Bertz CT molecular complexity index is 679. The van der Waals surface area contributed by atoms with Crippen LogP contribution in [0.5, 0.6) is 0 Å². The van der Waals surface area contributed by atoms with Crippen LogP contribution in [0.2, 0.25) is 0 Å². The third-order valence-corrected chi connectivity index (χ3v) is 3.95. The lowest BCUT2D eigenvalue weighted by molar-refractivity contribution is -0.120. The van der Waals surface area contributed by atoms with E-state index in [2.05, 4.69) is 31.5 Å². The Balaban J connectivity index is 1.71. The molecule has 3 rings (SSSR count). The maximum absolute atomic E-state index is 11.7. The highest BCUT2D eigenvalue weighted by molar-refractivity contribution is 9.10. The molecular weight excluding hydrogens is 332 g/mol. The van der Waals surface area contributed by atoms with Gasteiger partial charge < -0.3 is 16.4 Å². The number of rotatable bonds is 5. The minimum atomic E-state index is 0.0862. The molecule has 0 saturated heterocycles. The maximum Gasteiger partial charge on any atom is 0.221 e. The first-order valence-corrected chi connectivity index (χ1v) is 7.80. The number of hydrogen-bond acceptors (Lipinski definition) is 4. The van der Waals surface area contributed by atoms with Gasteiger partial charge in [-0.3, -0.25) is 9.78 Å². The molecule has 0 aliphatic heterocycles. The van der Waals surface area contributed by atoms with Crippen LogP contribution in [0.15, 0.2) is 28.9 Å². The van der Waals surface area contributed by atoms with E-state index in [1.165, 1.54) is 0 Å². The molecule has 21 heavy (non-hydrogen) atoms. The van der Waals surface area contributed by atoms with Crippen LogP contribution in [0.4, 0.5) is 11.4 Å². The number of nitrogen functional groups attached to an aromatic ring is 1. The Morgan fingerprint density at radius 3 is 3.00 bits per heavy atom. The van der Waals surface area contributed by atoms with Crippen molar-refractivity contribution in [3.05, 3.63) is 28.9 Å². The van der Waals surface area contributed by atoms with Crippen molar-refractivity contribution in [3.63, 3.8) is 0 Å². The lowest BCUT2D eigenvalue weighted by Crippen LogP contribution is -2.27. The van der Waals surface area contributed by atoms with Gasteiger partial charge in [0.1, 0.15) is 0 Å². The van der Waals surface area contributed by atoms with E-state index in [1.807, 2.05) is 18.2 Å². The quantitative estimate of drug-likeness (QED) is 0.775. The number of fused-ring (bicyclic) bond motifs is 1. The van der Waals surface area contributed by atoms with E-state index in [1.54, 1.807) is 6.20 Å². The van der Waals surface area contributed by atoms with E-state index >= 15 is 0 Å². The zero-order chi connectivity index (χ0) is 14.8. The third kappa shape index (κ3) is 3.44. The van der Waals surface area contributed by atoms with Crippen LogP contribution in [0.1, 0.15) is 19.3 Å². The Kier molecular flexibility index (Phi) is 3.96. The molecule has 2 aromatic rings. The summed E-state index contributed by atoms with van der Waals surface area (Å²) in [5.41, 5.74) is 8.30. The molecule has 1 amide bonds. The molecule has 1 aromatic heterocycles. The zero-order valence-corrected chi connectivity index (χ0v) is 13.1. The summed E-state index contributed by atoms with van der Waals surface area (Å²) < 4.78 is 0.969. The molecule has 1 aliphatic rings. The molecule has 4 N–H and O–H groups in total. The summed E-state index contributed by atoms with van der Waals surface area (Å²) in [4.78, 5) is 16.0. The van der Waals surface area contributed by atoms with Gasteiger partial charge >= 0.3 is 0 Å². The van der Waals surface area contributed by atoms with Crippen molar-refractivity contribution in [3.8, 4) is 0 Å². The molecule has 1 heterocycles. The Hall–Kier alpha value is -1.82. The fourth-order valence-corrected chi connectivity index (χ4v) is 2.57. The third-order valence-electron chi connectivity index (χ3n) is 3.46. The van der Waals surface area contributed by atoms with Gasteiger partial charge in [0.05, 0.1) is 23.1 Å². The number of carbonyl (C=O) groups is 1. The smallest absolute Gasteiger partial charge is 0.221 e. The van der Waals surface area contributed by atoms with Gasteiger partial charge in [0.25, 0.3) is 0 Å². The van der Waals surface area contributed by atoms with Crippen LogP contribution in [0.25, 0.3) is 10.9 Å². The lowest BCUT2D eigenvalue weighted by atomic mass is 10.1. The van der Waals surface area contributed by atoms with Crippen LogP contribution < -0.4 is 16.4 Å². The molecule has 5 nitrogen and oxygen atoms in total. The van der Waals surface area contributed by atoms with Gasteiger partial charge in [-0.05, 0) is 31.0 Å². The number of anilines is 2. The van der Waals surface area contributed by atoms with Crippen LogP contribution in [0, 0.1) is 0 Å². The summed E-state index contributed by atoms with van der Waals surface area (Å²) in [5.74, 6) is 0.0862. The van der Waals surface area contributed by atoms with E-state index < -0.39 is 0 Å². The summed E-state index contributed by atoms with van der Waals surface area (Å²) in [7, 11) is 0. The van der Waals surface area contributed by atoms with Gasteiger partial charge in [-0.2, -0.15) is 0 Å². The first-order chi connectivity index (χ1) is 10.1. The predicted molar refractivity (Wildman–Crippen MR) is 88.1 cm³/mol. The zero-order valence-electron chi connectivity index (χ0n) is 11.5. The average molecular weight is 349 g/mol. The van der Waals surface area contributed by atoms with Crippen molar-refractivity contribution < 1.29 is 4.79 Å². The normalized spacial score (nSPS) is 14.1. The molecule has 0 radical (unpaired) electrons. The largest absolute Gasteiger partial charge is 0.396 e. The van der Waals surface area contributed by atoms with Crippen molar-refractivity contribution in [1.29, 1.82) is 0 Å². The molecule has 110 valence electrons. The van der Waals surface area contributed by atoms with Crippen LogP contribution in [-0.4, -0.2) is 23.5 Å². The van der Waals surface area contributed by atoms with Gasteiger partial charge in [0.15, 0.2) is 0 Å². The number of halogens is 1. The number of nitrogens with two attached hydrogens (primary N) is 1. The number of hydrogen-bond donors (Lipinski definition) is 3. The number of pyridine rings is 1. The first-order valence-electron chi connectivity index (χ1n) is 7.00. The maximum atomic E-state index is 11.7. The Morgan fingerprint density at radius 1 is 1.43 bits per heavy atom. The second-order valence-corrected chi connectivity index (χ2v) is 6.18. The van der Waals surface area contributed by atoms with Gasteiger partial charge in [-0.25, -0.2) is 0 Å². The number of nitrogens with one attached hydrogen (secondary N) is 2. The standard InChI is InChI=1S/C15H17BrN4O/c16-9-1-4-13-11(7-9)15(12(17)8-19-13)18-6-5-14(21)20-10-2-3-10/h1,4,7-8,10H,2-3,5-6,17H2,(H,18,19)(H,20,21). The number of benzene rings is 1. The van der Waals surface area contributed by atoms with E-state index in [4.69, 9.17) is 5.73 Å². The van der Waals surface area contributed by atoms with Crippen LogP contribution in [0.3, 0.4) is 0 Å². The van der Waals surface area contributed by atoms with E-state index in [0.29, 0.717) is 24.7 Å². The van der Waals surface area contributed by atoms with Crippen molar-refractivity contribution >= 4 is 44.1 Å². The van der Waals surface area contributed by atoms with Crippen LogP contribution in [-0.2, 0) is 4.79 Å². The molecule has 1 aliphatic carbocycles. The Morgan fingerprint density at radius 2 is 2.24 bits per heavy atom. The number of carbonyl (C=O) groups excluding carboxylic acids is 1. The van der Waals surface area contributed by atoms with Crippen molar-refractivity contribution in [1.82, 2.24) is 10.3 Å². The second kappa shape index (κ2) is 5.89. The SMILES string of the molecule is Nc1cnc2ccc(Br)cc2c1NCCC(=O)NC1CC1. The second-order valence-electron chi connectivity index (χ2n) is 5.27. The monoisotopic (exact) mass is 348 g/mol. The molecule has 0 bridgehead atoms. The molecule has 1 aromatic carbocycles. The van der Waals surface area contributed by atoms with Gasteiger partial charge in [-0.1, -0.05) is 15.9 Å². The molecule has 1 saturated carbocycles. The molecule has 0 spiro atoms. The van der Waals surface area contributed by atoms with Gasteiger partial charge in [0.2, 0.25) is 5.91 Å². The fraction of sp³-hybridized carbons (Fsp3) is 0.333. The minimum absolute atomic E-state index is 0.0862. The van der Waals surface area contributed by atoms with E-state index in [9.17, 15) is 4.79 Å². The Labute approximate surface area is 131 Å². The summed E-state index contributed by atoms with van der Waals surface area (Å²) in [6.07, 6.45) is 4.29. The minimum Gasteiger partial charge on any atom is -0.396 e. The lowest BCUT2D eigenvalue weighted by Gasteiger charge is -2.12. The fourth-order valence-electron chi connectivity index (χ4n) is 2.21. The predicted octanol–water partition coefficient (Wildman–Crippen LogP) is 2.66.